The van der Waals surface area contributed by atoms with Gasteiger partial charge in [-0.3, -0.25) is 9.59 Å². The summed E-state index contributed by atoms with van der Waals surface area (Å²) in [6, 6.07) is 0. The third-order valence-corrected chi connectivity index (χ3v) is 12.7. The Bertz CT molecular complexity index is 1250. The molecule has 0 N–H and O–H groups in total. The quantitative estimate of drug-likeness (QED) is 0.298. The lowest BCUT2D eigenvalue weighted by Crippen LogP contribution is -2.71. The van der Waals surface area contributed by atoms with Gasteiger partial charge in [0, 0.05) is 22.2 Å². The first-order valence-corrected chi connectivity index (χ1v) is 13.7. The Morgan fingerprint density at radius 1 is 0.917 bits per heavy atom. The largest absolute Gasteiger partial charge is 0.449 e. The molecule has 5 aliphatic carbocycles. The zero-order valence-corrected chi connectivity index (χ0v) is 22.8. The summed E-state index contributed by atoms with van der Waals surface area (Å²) >= 11 is 0. The van der Waals surface area contributed by atoms with E-state index in [0.29, 0.717) is 0 Å². The molecule has 3 saturated carbocycles. The highest BCUT2D eigenvalue weighted by Gasteiger charge is 2.82. The Morgan fingerprint density at radius 2 is 1.58 bits per heavy atom. The van der Waals surface area contributed by atoms with Gasteiger partial charge in [0.15, 0.2) is 17.2 Å². The molecule has 0 radical (unpaired) electrons. The third-order valence-electron chi connectivity index (χ3n) is 12.7. The van der Waals surface area contributed by atoms with Crippen molar-refractivity contribution in [2.45, 2.75) is 99.0 Å². The molecule has 1 heterocycles. The number of esters is 1. The lowest BCUT2D eigenvalue weighted by molar-refractivity contribution is -0.206. The molecule has 1 saturated heterocycles. The van der Waals surface area contributed by atoms with Crippen LogP contribution in [0.2, 0.25) is 0 Å². The second kappa shape index (κ2) is 6.43. The number of ether oxygens (including phenoxy) is 1. The number of rotatable bonds is 0. The molecule has 0 aromatic carbocycles. The van der Waals surface area contributed by atoms with Gasteiger partial charge in [-0.05, 0) is 67.8 Å². The summed E-state index contributed by atoms with van der Waals surface area (Å²) in [5, 5.41) is 0. The van der Waals surface area contributed by atoms with E-state index in [4.69, 9.17) is 11.3 Å². The lowest BCUT2D eigenvalue weighted by atomic mass is 9.33. The molecule has 6 rings (SSSR count). The Balaban J connectivity index is 1.60. The third kappa shape index (κ3) is 2.29. The van der Waals surface area contributed by atoms with Crippen LogP contribution in [0.1, 0.15) is 93.4 Å². The van der Waals surface area contributed by atoms with Crippen LogP contribution in [0.3, 0.4) is 0 Å². The minimum absolute atomic E-state index is 0.00944. The van der Waals surface area contributed by atoms with Gasteiger partial charge >= 0.3 is 5.97 Å². The van der Waals surface area contributed by atoms with Crippen LogP contribution < -0.4 is 0 Å². The average molecular weight is 490 g/mol. The lowest BCUT2D eigenvalue weighted by Gasteiger charge is -2.69. The molecule has 6 aliphatic rings. The van der Waals surface area contributed by atoms with Crippen molar-refractivity contribution in [3.63, 3.8) is 0 Å². The number of fused-ring (bicyclic) bond motifs is 4. The molecule has 1 aliphatic heterocycles. The highest BCUT2D eigenvalue weighted by atomic mass is 16.6. The first kappa shape index (κ1) is 24.1. The number of ketones is 2. The number of nitrogens with zero attached hydrogens (tertiary/aromatic N) is 1. The van der Waals surface area contributed by atoms with Crippen molar-refractivity contribution in [3.05, 3.63) is 34.8 Å². The first-order valence-electron chi connectivity index (χ1n) is 13.7. The predicted octanol–water partition coefficient (Wildman–Crippen LogP) is 6.24. The maximum absolute atomic E-state index is 14.5. The average Bonchev–Trinajstić information content (AvgIpc) is 2.98. The molecule has 2 bridgehead atoms. The van der Waals surface area contributed by atoms with Crippen molar-refractivity contribution in [3.8, 4) is 0 Å². The van der Waals surface area contributed by atoms with E-state index in [1.54, 1.807) is 0 Å². The number of carbonyl (C=O) groups excluding carboxylic acids is 3. The fourth-order valence-corrected chi connectivity index (χ4v) is 10.4. The zero-order chi connectivity index (χ0) is 26.3. The summed E-state index contributed by atoms with van der Waals surface area (Å²) in [5.41, 5.74) is -2.57. The Kier molecular flexibility index (Phi) is 4.31. The monoisotopic (exact) mass is 489 g/mol. The van der Waals surface area contributed by atoms with Crippen LogP contribution in [0.5, 0.6) is 0 Å². The topological polar surface area (TPSA) is 64.8 Å². The van der Waals surface area contributed by atoms with E-state index in [9.17, 15) is 14.4 Å². The number of hydrogen-bond acceptors (Lipinski definition) is 4. The number of hydrogen-bond donors (Lipinski definition) is 0. The molecular formula is C31H39NO4. The Morgan fingerprint density at radius 3 is 2.25 bits per heavy atom. The molecule has 36 heavy (non-hydrogen) atoms. The second-order valence-corrected chi connectivity index (χ2v) is 14.9. The van der Waals surface area contributed by atoms with E-state index in [0.717, 1.165) is 50.5 Å². The summed E-state index contributed by atoms with van der Waals surface area (Å²) in [4.78, 5) is 45.0. The van der Waals surface area contributed by atoms with Crippen LogP contribution in [-0.4, -0.2) is 23.1 Å². The van der Waals surface area contributed by atoms with Crippen LogP contribution in [0.15, 0.2) is 23.4 Å². The van der Waals surface area contributed by atoms with Gasteiger partial charge in [0.25, 0.3) is 0 Å². The first-order chi connectivity index (χ1) is 16.6. The zero-order valence-electron chi connectivity index (χ0n) is 22.8. The molecule has 5 nitrogen and oxygen atoms in total. The van der Waals surface area contributed by atoms with Gasteiger partial charge in [0.05, 0.1) is 12.0 Å². The molecule has 7 atom stereocenters. The summed E-state index contributed by atoms with van der Waals surface area (Å²) in [7, 11) is 0. The molecule has 0 unspecified atom stereocenters. The Labute approximate surface area is 214 Å². The van der Waals surface area contributed by atoms with E-state index >= 15 is 0 Å². The molecule has 0 amide bonds. The van der Waals surface area contributed by atoms with Gasteiger partial charge in [-0.2, -0.15) is 0 Å². The van der Waals surface area contributed by atoms with Crippen LogP contribution in [0, 0.1) is 50.9 Å². The van der Waals surface area contributed by atoms with E-state index < -0.39 is 27.3 Å². The minimum Gasteiger partial charge on any atom is -0.449 e. The van der Waals surface area contributed by atoms with Gasteiger partial charge in [-0.25, -0.2) is 4.85 Å². The van der Waals surface area contributed by atoms with Crippen molar-refractivity contribution >= 4 is 17.5 Å². The number of allylic oxidation sites excluding steroid dienone is 3. The van der Waals surface area contributed by atoms with Crippen molar-refractivity contribution in [2.24, 2.45) is 44.3 Å². The fourth-order valence-electron chi connectivity index (χ4n) is 10.4. The van der Waals surface area contributed by atoms with Gasteiger partial charge < -0.3 is 9.53 Å². The predicted molar refractivity (Wildman–Crippen MR) is 135 cm³/mol. The summed E-state index contributed by atoms with van der Waals surface area (Å²) in [5.74, 6) is -0.406. The van der Waals surface area contributed by atoms with Crippen LogP contribution in [0.25, 0.3) is 4.85 Å². The van der Waals surface area contributed by atoms with Crippen molar-refractivity contribution in [1.29, 1.82) is 0 Å². The fraction of sp³-hybridized carbons (Fsp3) is 0.742. The van der Waals surface area contributed by atoms with E-state index in [-0.39, 0.29) is 45.9 Å². The van der Waals surface area contributed by atoms with E-state index in [1.165, 1.54) is 0 Å². The summed E-state index contributed by atoms with van der Waals surface area (Å²) < 4.78 is 6.46. The molecule has 192 valence electrons. The van der Waals surface area contributed by atoms with E-state index in [2.05, 4.69) is 39.5 Å². The van der Waals surface area contributed by atoms with Gasteiger partial charge in [0.2, 0.25) is 5.70 Å². The summed E-state index contributed by atoms with van der Waals surface area (Å²) in [6.07, 6.45) is 9.50. The van der Waals surface area contributed by atoms with Gasteiger partial charge in [-0.15, -0.1) is 0 Å². The van der Waals surface area contributed by atoms with E-state index in [1.807, 2.05) is 26.0 Å². The Hall–Kier alpha value is -2.22. The molecular weight excluding hydrogens is 450 g/mol. The highest BCUT2D eigenvalue weighted by molar-refractivity contribution is 6.06. The maximum Gasteiger partial charge on any atom is 0.313 e. The standard InChI is InChI=1S/C31H39NO4/c1-25(2)11-13-30-14-12-29(7)28(6)10-9-19-26(3,4)23(34)18(32-8)16-27(19,5)20(28)15-22(33)31(29,21(30)17-25)36-24(30)35/h15-16,19,21H,9-14,17H2,1-7H3/t19-,21+,27-,28+,29-,30-,31+/m0/s1. The molecule has 0 aromatic heterocycles. The highest BCUT2D eigenvalue weighted by Crippen LogP contribution is 2.78. The number of Topliss-reactive ketones (excluding diaryl/α,β-unsaturated/α-hetero) is 1. The normalized spacial score (nSPS) is 49.9. The van der Waals surface area contributed by atoms with Crippen LogP contribution in [-0.2, 0) is 19.1 Å². The van der Waals surface area contributed by atoms with Crippen molar-refractivity contribution in [2.75, 3.05) is 0 Å². The van der Waals surface area contributed by atoms with Gasteiger partial charge in [-0.1, -0.05) is 60.1 Å². The molecule has 0 aromatic rings. The maximum atomic E-state index is 14.5. The molecule has 5 heteroatoms. The minimum atomic E-state index is -1.13. The van der Waals surface area contributed by atoms with Crippen molar-refractivity contribution < 1.29 is 19.1 Å². The molecule has 4 fully saturated rings. The van der Waals surface area contributed by atoms with Crippen molar-refractivity contribution in [1.82, 2.24) is 0 Å². The van der Waals surface area contributed by atoms with Crippen LogP contribution in [0.4, 0.5) is 0 Å². The summed E-state index contributed by atoms with van der Waals surface area (Å²) in [6.45, 7) is 22.8. The SMILES string of the molecule is [C-]#[N+]C1=C[C@]2(C)C3=CC(=O)[C@]45OC(=O)[C@@]6(CCC(C)(C)C[C@H]64)CC[C@@]5(C)[C@]3(C)CC[C@H]2C(C)(C)C1=O. The second-order valence-electron chi connectivity index (χ2n) is 14.9. The molecule has 1 spiro atoms. The van der Waals surface area contributed by atoms with Gasteiger partial charge in [0.1, 0.15) is 0 Å². The number of carbonyl (C=O) groups is 3. The smallest absolute Gasteiger partial charge is 0.313 e. The van der Waals surface area contributed by atoms with Crippen LogP contribution >= 0.6 is 0 Å².